The van der Waals surface area contributed by atoms with Crippen LogP contribution in [0.1, 0.15) is 38.2 Å². The lowest BCUT2D eigenvalue weighted by Crippen LogP contribution is -2.20. The highest BCUT2D eigenvalue weighted by Crippen LogP contribution is 2.14. The highest BCUT2D eigenvalue weighted by molar-refractivity contribution is 5.73. The molecule has 0 bridgehead atoms. The number of aryl methyl sites for hydroxylation is 2. The van der Waals surface area contributed by atoms with Gasteiger partial charge in [-0.05, 0) is 25.8 Å². The molecule has 0 aromatic carbocycles. The van der Waals surface area contributed by atoms with Gasteiger partial charge >= 0.3 is 5.97 Å². The lowest BCUT2D eigenvalue weighted by atomic mass is 10.2. The first-order chi connectivity index (χ1) is 7.13. The van der Waals surface area contributed by atoms with E-state index in [1.165, 1.54) is 7.11 Å². The van der Waals surface area contributed by atoms with Gasteiger partial charge in [-0.3, -0.25) is 4.68 Å². The molecule has 0 N–H and O–H groups in total. The Morgan fingerprint density at radius 2 is 2.20 bits per heavy atom. The Morgan fingerprint density at radius 1 is 1.53 bits per heavy atom. The van der Waals surface area contributed by atoms with E-state index in [0.717, 1.165) is 24.2 Å². The second kappa shape index (κ2) is 4.96. The molecular weight excluding hydrogens is 192 g/mol. The van der Waals surface area contributed by atoms with Crippen LogP contribution in [-0.4, -0.2) is 22.9 Å². The number of methoxy groups -OCH3 is 1. The number of nitrogens with zero attached hydrogens (tertiary/aromatic N) is 2. The summed E-state index contributed by atoms with van der Waals surface area (Å²) in [6, 6.07) is 1.70. The second-order valence-corrected chi connectivity index (χ2v) is 3.48. The quantitative estimate of drug-likeness (QED) is 0.711. The van der Waals surface area contributed by atoms with Gasteiger partial charge in [-0.2, -0.15) is 5.10 Å². The molecule has 0 unspecified atom stereocenters. The molecule has 1 heterocycles. The number of hydrogen-bond acceptors (Lipinski definition) is 3. The van der Waals surface area contributed by atoms with Gasteiger partial charge in [-0.25, -0.2) is 4.79 Å². The summed E-state index contributed by atoms with van der Waals surface area (Å²) in [7, 11) is 1.40. The molecule has 0 aliphatic carbocycles. The predicted molar refractivity (Wildman–Crippen MR) is 57.7 cm³/mol. The Bertz CT molecular complexity index is 344. The van der Waals surface area contributed by atoms with Gasteiger partial charge < -0.3 is 4.74 Å². The Kier molecular flexibility index (Phi) is 3.88. The molecule has 0 fully saturated rings. The van der Waals surface area contributed by atoms with Crippen molar-refractivity contribution in [2.24, 2.45) is 0 Å². The molecule has 1 rings (SSSR count). The number of esters is 1. The van der Waals surface area contributed by atoms with Crippen LogP contribution in [0.2, 0.25) is 0 Å². The van der Waals surface area contributed by atoms with Crippen molar-refractivity contribution in [3.63, 3.8) is 0 Å². The van der Waals surface area contributed by atoms with Crippen LogP contribution in [0, 0.1) is 0 Å². The van der Waals surface area contributed by atoms with E-state index in [9.17, 15) is 4.79 Å². The number of carbonyl (C=O) groups is 1. The van der Waals surface area contributed by atoms with Crippen LogP contribution in [0.4, 0.5) is 0 Å². The van der Waals surface area contributed by atoms with E-state index in [2.05, 4.69) is 18.9 Å². The third-order valence-electron chi connectivity index (χ3n) is 2.50. The Labute approximate surface area is 90.2 Å². The number of hydrogen-bond donors (Lipinski definition) is 0. The normalized spacial score (nSPS) is 12.5. The van der Waals surface area contributed by atoms with Crippen molar-refractivity contribution >= 4 is 5.97 Å². The first-order valence-corrected chi connectivity index (χ1v) is 5.29. The van der Waals surface area contributed by atoms with E-state index in [4.69, 9.17) is 4.74 Å². The molecule has 4 nitrogen and oxygen atoms in total. The summed E-state index contributed by atoms with van der Waals surface area (Å²) in [5.74, 6) is -0.254. The fourth-order valence-electron chi connectivity index (χ4n) is 1.53. The molecule has 0 saturated heterocycles. The van der Waals surface area contributed by atoms with E-state index in [0.29, 0.717) is 0 Å². The van der Waals surface area contributed by atoms with Gasteiger partial charge in [0, 0.05) is 5.69 Å². The minimum Gasteiger partial charge on any atom is -0.467 e. The van der Waals surface area contributed by atoms with Crippen molar-refractivity contribution in [1.82, 2.24) is 9.78 Å². The summed E-state index contributed by atoms with van der Waals surface area (Å²) in [5.41, 5.74) is 2.09. The predicted octanol–water partition coefficient (Wildman–Crippen LogP) is 1.74. The van der Waals surface area contributed by atoms with E-state index >= 15 is 0 Å². The second-order valence-electron chi connectivity index (χ2n) is 3.48. The monoisotopic (exact) mass is 210 g/mol. The summed E-state index contributed by atoms with van der Waals surface area (Å²) in [6.07, 6.45) is 1.75. The SMILES string of the molecule is CCc1cc(CC)n([C@@H](C)C(=O)OC)n1. The van der Waals surface area contributed by atoms with E-state index < -0.39 is 0 Å². The summed E-state index contributed by atoms with van der Waals surface area (Å²) in [6.45, 7) is 5.91. The summed E-state index contributed by atoms with van der Waals surface area (Å²) < 4.78 is 6.46. The molecule has 0 amide bonds. The lowest BCUT2D eigenvalue weighted by molar-refractivity contribution is -0.144. The van der Waals surface area contributed by atoms with Crippen LogP contribution in [-0.2, 0) is 22.4 Å². The minimum absolute atomic E-state index is 0.254. The summed E-state index contributed by atoms with van der Waals surface area (Å²) >= 11 is 0. The van der Waals surface area contributed by atoms with E-state index in [1.807, 2.05) is 6.07 Å². The number of ether oxygens (including phenoxy) is 1. The third kappa shape index (κ3) is 2.37. The molecule has 0 saturated carbocycles. The topological polar surface area (TPSA) is 44.1 Å². The zero-order chi connectivity index (χ0) is 11.4. The molecule has 1 atom stereocenters. The van der Waals surface area contributed by atoms with Crippen molar-refractivity contribution in [3.8, 4) is 0 Å². The maximum Gasteiger partial charge on any atom is 0.330 e. The number of rotatable bonds is 4. The smallest absolute Gasteiger partial charge is 0.330 e. The Hall–Kier alpha value is -1.32. The first-order valence-electron chi connectivity index (χ1n) is 5.29. The van der Waals surface area contributed by atoms with Crippen molar-refractivity contribution in [2.75, 3.05) is 7.11 Å². The summed E-state index contributed by atoms with van der Waals surface area (Å²) in [4.78, 5) is 11.4. The first kappa shape index (κ1) is 11.8. The maximum absolute atomic E-state index is 11.4. The Morgan fingerprint density at radius 3 is 2.67 bits per heavy atom. The summed E-state index contributed by atoms with van der Waals surface area (Å²) in [5, 5.41) is 4.38. The van der Waals surface area contributed by atoms with Crippen molar-refractivity contribution in [3.05, 3.63) is 17.5 Å². The third-order valence-corrected chi connectivity index (χ3v) is 2.50. The molecule has 4 heteroatoms. The van der Waals surface area contributed by atoms with Crippen LogP contribution in [0.5, 0.6) is 0 Å². The van der Waals surface area contributed by atoms with Gasteiger partial charge in [0.2, 0.25) is 0 Å². The average Bonchev–Trinajstić information content (AvgIpc) is 2.69. The highest BCUT2D eigenvalue weighted by atomic mass is 16.5. The molecule has 84 valence electrons. The molecule has 0 aliphatic heterocycles. The number of carbonyl (C=O) groups excluding carboxylic acids is 1. The fraction of sp³-hybridized carbons (Fsp3) is 0.636. The van der Waals surface area contributed by atoms with Crippen LogP contribution in [0.25, 0.3) is 0 Å². The molecule has 1 aromatic heterocycles. The van der Waals surface area contributed by atoms with Crippen molar-refractivity contribution in [2.45, 2.75) is 39.7 Å². The zero-order valence-electron chi connectivity index (χ0n) is 9.78. The molecule has 15 heavy (non-hydrogen) atoms. The van der Waals surface area contributed by atoms with Crippen molar-refractivity contribution in [1.29, 1.82) is 0 Å². The van der Waals surface area contributed by atoms with E-state index in [-0.39, 0.29) is 12.0 Å². The molecule has 0 radical (unpaired) electrons. The average molecular weight is 210 g/mol. The van der Waals surface area contributed by atoms with Gasteiger partial charge in [0.05, 0.1) is 12.8 Å². The minimum atomic E-state index is -0.342. The maximum atomic E-state index is 11.4. The van der Waals surface area contributed by atoms with Gasteiger partial charge in [0.15, 0.2) is 0 Å². The molecule has 1 aromatic rings. The van der Waals surface area contributed by atoms with E-state index in [1.54, 1.807) is 11.6 Å². The highest BCUT2D eigenvalue weighted by Gasteiger charge is 2.19. The van der Waals surface area contributed by atoms with Gasteiger partial charge in [0.1, 0.15) is 6.04 Å². The van der Waals surface area contributed by atoms with Crippen LogP contribution >= 0.6 is 0 Å². The van der Waals surface area contributed by atoms with Crippen molar-refractivity contribution < 1.29 is 9.53 Å². The fourth-order valence-corrected chi connectivity index (χ4v) is 1.53. The lowest BCUT2D eigenvalue weighted by Gasteiger charge is -2.12. The molecule has 0 aliphatic rings. The molecular formula is C11H18N2O2. The van der Waals surface area contributed by atoms with Crippen LogP contribution in [0.15, 0.2) is 6.07 Å². The Balaban J connectivity index is 3.00. The standard InChI is InChI=1S/C11H18N2O2/c1-5-9-7-10(6-2)13(12-9)8(3)11(14)15-4/h7-8H,5-6H2,1-4H3/t8-/m0/s1. The molecule has 0 spiro atoms. The zero-order valence-corrected chi connectivity index (χ0v) is 9.78. The van der Waals surface area contributed by atoms with Gasteiger partial charge in [-0.1, -0.05) is 13.8 Å². The van der Waals surface area contributed by atoms with Gasteiger partial charge in [0.25, 0.3) is 0 Å². The van der Waals surface area contributed by atoms with Gasteiger partial charge in [-0.15, -0.1) is 0 Å². The number of aromatic nitrogens is 2. The van der Waals surface area contributed by atoms with Crippen LogP contribution < -0.4 is 0 Å². The largest absolute Gasteiger partial charge is 0.467 e. The van der Waals surface area contributed by atoms with Crippen LogP contribution in [0.3, 0.4) is 0 Å².